The van der Waals surface area contributed by atoms with Crippen LogP contribution in [0, 0.1) is 0 Å². The molecule has 8 heteroatoms. The Balaban J connectivity index is 1.49. The Labute approximate surface area is 145 Å². The Hall–Kier alpha value is -2.61. The summed E-state index contributed by atoms with van der Waals surface area (Å²) in [6.45, 7) is 5.26. The average Bonchev–Trinajstić information content (AvgIpc) is 3.23. The van der Waals surface area contributed by atoms with E-state index in [-0.39, 0.29) is 24.7 Å². The number of nitrogens with zero attached hydrogens (tertiary/aromatic N) is 2. The molecular formula is C17H21N3O5. The fraction of sp³-hybridized carbons (Fsp3) is 0.471. The van der Waals surface area contributed by atoms with Gasteiger partial charge in [-0.05, 0) is 38.0 Å². The van der Waals surface area contributed by atoms with Crippen LogP contribution in [-0.2, 0) is 11.2 Å². The molecule has 0 aliphatic carbocycles. The van der Waals surface area contributed by atoms with E-state index in [0.717, 1.165) is 17.7 Å². The number of hydrogen-bond donors (Lipinski definition) is 1. The normalized spacial score (nSPS) is 12.6. The van der Waals surface area contributed by atoms with Gasteiger partial charge in [0.1, 0.15) is 0 Å². The van der Waals surface area contributed by atoms with Gasteiger partial charge in [-0.1, -0.05) is 6.07 Å². The second-order valence-electron chi connectivity index (χ2n) is 5.89. The van der Waals surface area contributed by atoms with Crippen LogP contribution in [0.1, 0.15) is 42.4 Å². The van der Waals surface area contributed by atoms with Gasteiger partial charge in [0, 0.05) is 13.2 Å². The first-order chi connectivity index (χ1) is 12.1. The number of benzene rings is 1. The molecule has 1 aliphatic rings. The van der Waals surface area contributed by atoms with Crippen LogP contribution in [0.25, 0.3) is 0 Å². The lowest BCUT2D eigenvalue weighted by molar-refractivity contribution is 0.0752. The van der Waals surface area contributed by atoms with Gasteiger partial charge in [0.15, 0.2) is 11.5 Å². The minimum absolute atomic E-state index is 0.0412. The largest absolute Gasteiger partial charge is 0.454 e. The topological polar surface area (TPSA) is 95.7 Å². The summed E-state index contributed by atoms with van der Waals surface area (Å²) >= 11 is 0. The number of amides is 1. The van der Waals surface area contributed by atoms with Gasteiger partial charge in [0.05, 0.1) is 12.5 Å². The van der Waals surface area contributed by atoms with Crippen molar-refractivity contribution in [2.45, 2.75) is 32.8 Å². The van der Waals surface area contributed by atoms with Crippen LogP contribution in [-0.4, -0.2) is 42.2 Å². The Morgan fingerprint density at radius 2 is 2.12 bits per heavy atom. The van der Waals surface area contributed by atoms with Gasteiger partial charge in [-0.15, -0.1) is 10.2 Å². The number of rotatable bonds is 8. The summed E-state index contributed by atoms with van der Waals surface area (Å²) in [5, 5.41) is 10.4. The molecule has 0 radical (unpaired) electrons. The predicted octanol–water partition coefficient (Wildman–Crippen LogP) is 1.93. The number of ether oxygens (including phenoxy) is 3. The third kappa shape index (κ3) is 4.69. The van der Waals surface area contributed by atoms with Gasteiger partial charge >= 0.3 is 11.8 Å². The van der Waals surface area contributed by atoms with Crippen LogP contribution in [0.3, 0.4) is 0 Å². The molecule has 1 amide bonds. The minimum atomic E-state index is -0.381. The van der Waals surface area contributed by atoms with Crippen LogP contribution < -0.4 is 14.8 Å². The number of carbonyl (C=O) groups is 1. The zero-order chi connectivity index (χ0) is 17.6. The molecule has 0 saturated carbocycles. The van der Waals surface area contributed by atoms with Crippen molar-refractivity contribution in [2.75, 3.05) is 19.9 Å². The third-order valence-electron chi connectivity index (χ3n) is 3.51. The molecule has 1 N–H and O–H groups in total. The number of nitrogens with one attached hydrogen (secondary N) is 1. The number of aromatic nitrogens is 2. The van der Waals surface area contributed by atoms with Crippen molar-refractivity contribution >= 4 is 5.91 Å². The van der Waals surface area contributed by atoms with Gasteiger partial charge in [-0.3, -0.25) is 4.79 Å². The first kappa shape index (κ1) is 17.2. The molecular weight excluding hydrogens is 326 g/mol. The lowest BCUT2D eigenvalue weighted by atomic mass is 10.1. The molecule has 0 bridgehead atoms. The van der Waals surface area contributed by atoms with E-state index in [1.807, 2.05) is 32.0 Å². The average molecular weight is 347 g/mol. The SMILES string of the molecule is CC(C)OCCCNC(=O)c1nnc(Cc2ccc3c(c2)OCO3)o1. The lowest BCUT2D eigenvalue weighted by Crippen LogP contribution is -2.25. The maximum absolute atomic E-state index is 12.0. The summed E-state index contributed by atoms with van der Waals surface area (Å²) in [4.78, 5) is 12.0. The van der Waals surface area contributed by atoms with E-state index < -0.39 is 0 Å². The van der Waals surface area contributed by atoms with Gasteiger partial charge in [0.25, 0.3) is 0 Å². The van der Waals surface area contributed by atoms with Crippen molar-refractivity contribution in [2.24, 2.45) is 0 Å². The van der Waals surface area contributed by atoms with E-state index in [1.165, 1.54) is 0 Å². The second-order valence-corrected chi connectivity index (χ2v) is 5.89. The molecule has 8 nitrogen and oxygen atoms in total. The summed E-state index contributed by atoms with van der Waals surface area (Å²) in [6, 6.07) is 5.59. The second kappa shape index (κ2) is 7.98. The maximum atomic E-state index is 12.0. The molecule has 0 unspecified atom stereocenters. The number of fused-ring (bicyclic) bond motifs is 1. The Bertz CT molecular complexity index is 729. The van der Waals surface area contributed by atoms with Crippen molar-refractivity contribution in [1.82, 2.24) is 15.5 Å². The van der Waals surface area contributed by atoms with Gasteiger partial charge < -0.3 is 23.9 Å². The summed E-state index contributed by atoms with van der Waals surface area (Å²) in [6.07, 6.45) is 1.33. The highest BCUT2D eigenvalue weighted by Crippen LogP contribution is 2.32. The minimum Gasteiger partial charge on any atom is -0.454 e. The molecule has 25 heavy (non-hydrogen) atoms. The quantitative estimate of drug-likeness (QED) is 0.729. The van der Waals surface area contributed by atoms with E-state index in [2.05, 4.69) is 15.5 Å². The Kier molecular flexibility index (Phi) is 5.49. The molecule has 0 spiro atoms. The molecule has 1 aromatic heterocycles. The molecule has 1 aromatic carbocycles. The summed E-state index contributed by atoms with van der Waals surface area (Å²) < 4.78 is 21.4. The van der Waals surface area contributed by atoms with E-state index in [9.17, 15) is 4.79 Å². The Morgan fingerprint density at radius 1 is 1.28 bits per heavy atom. The summed E-state index contributed by atoms with van der Waals surface area (Å²) in [7, 11) is 0. The van der Waals surface area contributed by atoms with Gasteiger partial charge in [-0.2, -0.15) is 0 Å². The fourth-order valence-corrected chi connectivity index (χ4v) is 2.31. The summed E-state index contributed by atoms with van der Waals surface area (Å²) in [5.74, 6) is 1.36. The van der Waals surface area contributed by atoms with E-state index in [1.54, 1.807) is 0 Å². The van der Waals surface area contributed by atoms with Crippen molar-refractivity contribution < 1.29 is 23.4 Å². The molecule has 0 saturated heterocycles. The van der Waals surface area contributed by atoms with Crippen LogP contribution in [0.15, 0.2) is 22.6 Å². The smallest absolute Gasteiger partial charge is 0.308 e. The first-order valence-corrected chi connectivity index (χ1v) is 8.22. The highest BCUT2D eigenvalue weighted by Gasteiger charge is 2.17. The van der Waals surface area contributed by atoms with Crippen LogP contribution in [0.2, 0.25) is 0 Å². The first-order valence-electron chi connectivity index (χ1n) is 8.22. The predicted molar refractivity (Wildman–Crippen MR) is 87.7 cm³/mol. The van der Waals surface area contributed by atoms with Crippen LogP contribution in [0.5, 0.6) is 11.5 Å². The van der Waals surface area contributed by atoms with Crippen molar-refractivity contribution in [3.05, 3.63) is 35.5 Å². The molecule has 0 fully saturated rings. The standard InChI is InChI=1S/C17H21N3O5/c1-11(2)22-7-3-6-18-16(21)17-20-19-15(25-17)9-12-4-5-13-14(8-12)24-10-23-13/h4-5,8,11H,3,6-7,9-10H2,1-2H3,(H,18,21). The zero-order valence-corrected chi connectivity index (χ0v) is 14.3. The molecule has 134 valence electrons. The van der Waals surface area contributed by atoms with Crippen LogP contribution >= 0.6 is 0 Å². The van der Waals surface area contributed by atoms with Crippen molar-refractivity contribution in [1.29, 1.82) is 0 Å². The van der Waals surface area contributed by atoms with Gasteiger partial charge in [-0.25, -0.2) is 0 Å². The number of carbonyl (C=O) groups excluding carboxylic acids is 1. The highest BCUT2D eigenvalue weighted by atomic mass is 16.7. The lowest BCUT2D eigenvalue weighted by Gasteiger charge is -2.07. The number of hydrogen-bond acceptors (Lipinski definition) is 7. The maximum Gasteiger partial charge on any atom is 0.308 e. The van der Waals surface area contributed by atoms with E-state index in [0.29, 0.717) is 31.2 Å². The third-order valence-corrected chi connectivity index (χ3v) is 3.51. The molecule has 2 aromatic rings. The van der Waals surface area contributed by atoms with E-state index >= 15 is 0 Å². The van der Waals surface area contributed by atoms with Crippen molar-refractivity contribution in [3.8, 4) is 11.5 Å². The molecule has 3 rings (SSSR count). The van der Waals surface area contributed by atoms with E-state index in [4.69, 9.17) is 18.6 Å². The van der Waals surface area contributed by atoms with Crippen molar-refractivity contribution in [3.63, 3.8) is 0 Å². The fourth-order valence-electron chi connectivity index (χ4n) is 2.31. The summed E-state index contributed by atoms with van der Waals surface area (Å²) in [5.41, 5.74) is 0.936. The van der Waals surface area contributed by atoms with Crippen LogP contribution in [0.4, 0.5) is 0 Å². The molecule has 0 atom stereocenters. The van der Waals surface area contributed by atoms with Gasteiger partial charge in [0.2, 0.25) is 12.7 Å². The molecule has 1 aliphatic heterocycles. The zero-order valence-electron chi connectivity index (χ0n) is 14.3. The Morgan fingerprint density at radius 3 is 2.96 bits per heavy atom. The highest BCUT2D eigenvalue weighted by molar-refractivity contribution is 5.89. The monoisotopic (exact) mass is 347 g/mol. The molecule has 2 heterocycles.